The lowest BCUT2D eigenvalue weighted by atomic mass is 9.87. The smallest absolute Gasteiger partial charge is 0.265 e. The summed E-state index contributed by atoms with van der Waals surface area (Å²) in [6.07, 6.45) is 1.48. The summed E-state index contributed by atoms with van der Waals surface area (Å²) < 4.78 is 5.92. The Kier molecular flexibility index (Phi) is 6.26. The first-order chi connectivity index (χ1) is 13.8. The van der Waals surface area contributed by atoms with Crippen molar-refractivity contribution in [1.29, 1.82) is 0 Å². The zero-order valence-electron chi connectivity index (χ0n) is 17.7. The number of nitrogens with zero attached hydrogens (tertiary/aromatic N) is 1. The standard InChI is InChI=1S/C24H30N2O3/c1-5-21(29-20-14-8-17(9-15-20)24(2,3)4)23(28)25-18-10-12-19(13-11-18)26-16-6-7-22(26)27/h8-15,21H,5-7,16H2,1-4H3,(H,25,28)/t21-/m1/s1. The van der Waals surface area contributed by atoms with Crippen molar-refractivity contribution in [2.45, 2.75) is 58.5 Å². The largest absolute Gasteiger partial charge is 0.481 e. The van der Waals surface area contributed by atoms with E-state index in [-0.39, 0.29) is 17.2 Å². The molecular weight excluding hydrogens is 364 g/mol. The summed E-state index contributed by atoms with van der Waals surface area (Å²) in [6.45, 7) is 9.17. The van der Waals surface area contributed by atoms with Crippen LogP contribution in [0.15, 0.2) is 48.5 Å². The molecule has 5 nitrogen and oxygen atoms in total. The fraction of sp³-hybridized carbons (Fsp3) is 0.417. The first-order valence-corrected chi connectivity index (χ1v) is 10.3. The Morgan fingerprint density at radius 3 is 2.28 bits per heavy atom. The Hall–Kier alpha value is -2.82. The third-order valence-electron chi connectivity index (χ3n) is 5.18. The van der Waals surface area contributed by atoms with Crippen LogP contribution in [0.1, 0.15) is 52.5 Å². The van der Waals surface area contributed by atoms with Crippen molar-refractivity contribution < 1.29 is 14.3 Å². The molecule has 2 amide bonds. The van der Waals surface area contributed by atoms with Crippen LogP contribution in [-0.4, -0.2) is 24.5 Å². The maximum absolute atomic E-state index is 12.7. The van der Waals surface area contributed by atoms with E-state index in [1.165, 1.54) is 5.56 Å². The first-order valence-electron chi connectivity index (χ1n) is 10.3. The van der Waals surface area contributed by atoms with Crippen molar-refractivity contribution in [3.63, 3.8) is 0 Å². The normalized spacial score (nSPS) is 15.3. The van der Waals surface area contributed by atoms with Gasteiger partial charge in [0.25, 0.3) is 5.91 Å². The van der Waals surface area contributed by atoms with E-state index < -0.39 is 6.10 Å². The van der Waals surface area contributed by atoms with Gasteiger partial charge in [-0.15, -0.1) is 0 Å². The van der Waals surface area contributed by atoms with Gasteiger partial charge in [-0.3, -0.25) is 9.59 Å². The molecule has 3 rings (SSSR count). The van der Waals surface area contributed by atoms with Crippen molar-refractivity contribution in [3.05, 3.63) is 54.1 Å². The van der Waals surface area contributed by atoms with E-state index in [2.05, 4.69) is 26.1 Å². The van der Waals surface area contributed by atoms with Gasteiger partial charge < -0.3 is 15.0 Å². The maximum Gasteiger partial charge on any atom is 0.265 e. The molecule has 0 aliphatic carbocycles. The summed E-state index contributed by atoms with van der Waals surface area (Å²) in [5.74, 6) is 0.652. The summed E-state index contributed by atoms with van der Waals surface area (Å²) in [6, 6.07) is 15.3. The van der Waals surface area contributed by atoms with E-state index in [1.807, 2.05) is 55.5 Å². The molecule has 1 saturated heterocycles. The molecule has 1 aliphatic rings. The zero-order valence-corrected chi connectivity index (χ0v) is 17.7. The molecule has 1 N–H and O–H groups in total. The van der Waals surface area contributed by atoms with E-state index in [4.69, 9.17) is 4.74 Å². The Morgan fingerprint density at radius 1 is 1.10 bits per heavy atom. The predicted octanol–water partition coefficient (Wildman–Crippen LogP) is 4.91. The van der Waals surface area contributed by atoms with Gasteiger partial charge in [0, 0.05) is 24.3 Å². The summed E-state index contributed by atoms with van der Waals surface area (Å²) in [5, 5.41) is 2.91. The minimum Gasteiger partial charge on any atom is -0.481 e. The Morgan fingerprint density at radius 2 is 1.76 bits per heavy atom. The van der Waals surface area contributed by atoms with Gasteiger partial charge in [0.2, 0.25) is 5.91 Å². The predicted molar refractivity (Wildman–Crippen MR) is 117 cm³/mol. The zero-order chi connectivity index (χ0) is 21.0. The second-order valence-corrected chi connectivity index (χ2v) is 8.47. The van der Waals surface area contributed by atoms with E-state index >= 15 is 0 Å². The molecule has 0 saturated carbocycles. The summed E-state index contributed by atoms with van der Waals surface area (Å²) in [5.41, 5.74) is 2.86. The fourth-order valence-corrected chi connectivity index (χ4v) is 3.39. The average molecular weight is 395 g/mol. The minimum atomic E-state index is -0.574. The van der Waals surface area contributed by atoms with Gasteiger partial charge in [0.1, 0.15) is 5.75 Å². The number of carbonyl (C=O) groups is 2. The Balaban J connectivity index is 1.61. The van der Waals surface area contributed by atoms with Crippen molar-refractivity contribution in [2.75, 3.05) is 16.8 Å². The highest BCUT2D eigenvalue weighted by molar-refractivity contribution is 5.97. The maximum atomic E-state index is 12.7. The number of hydrogen-bond acceptors (Lipinski definition) is 3. The highest BCUT2D eigenvalue weighted by atomic mass is 16.5. The van der Waals surface area contributed by atoms with Crippen LogP contribution in [0.3, 0.4) is 0 Å². The topological polar surface area (TPSA) is 58.6 Å². The Labute approximate surface area is 173 Å². The molecule has 154 valence electrons. The molecular formula is C24H30N2O3. The monoisotopic (exact) mass is 394 g/mol. The minimum absolute atomic E-state index is 0.0753. The van der Waals surface area contributed by atoms with Gasteiger partial charge in [-0.05, 0) is 60.2 Å². The molecule has 5 heteroatoms. The van der Waals surface area contributed by atoms with E-state index in [1.54, 1.807) is 4.90 Å². The van der Waals surface area contributed by atoms with E-state index in [0.717, 1.165) is 18.7 Å². The van der Waals surface area contributed by atoms with Crippen LogP contribution in [0, 0.1) is 0 Å². The van der Waals surface area contributed by atoms with Crippen LogP contribution in [0.4, 0.5) is 11.4 Å². The molecule has 1 atom stereocenters. The lowest BCUT2D eigenvalue weighted by Crippen LogP contribution is -2.32. The SMILES string of the molecule is CC[C@@H](Oc1ccc(C(C)(C)C)cc1)C(=O)Nc1ccc(N2CCCC2=O)cc1. The average Bonchev–Trinajstić information content (AvgIpc) is 3.12. The van der Waals surface area contributed by atoms with Crippen LogP contribution in [0.2, 0.25) is 0 Å². The van der Waals surface area contributed by atoms with Gasteiger partial charge in [-0.1, -0.05) is 39.8 Å². The number of rotatable bonds is 6. The van der Waals surface area contributed by atoms with E-state index in [9.17, 15) is 9.59 Å². The first kappa shape index (κ1) is 20.9. The van der Waals surface area contributed by atoms with Gasteiger partial charge in [0.15, 0.2) is 6.10 Å². The van der Waals surface area contributed by atoms with Gasteiger partial charge >= 0.3 is 0 Å². The summed E-state index contributed by atoms with van der Waals surface area (Å²) in [7, 11) is 0. The number of carbonyl (C=O) groups excluding carboxylic acids is 2. The molecule has 0 unspecified atom stereocenters. The van der Waals surface area contributed by atoms with Crippen molar-refractivity contribution in [2.24, 2.45) is 0 Å². The highest BCUT2D eigenvalue weighted by Gasteiger charge is 2.22. The highest BCUT2D eigenvalue weighted by Crippen LogP contribution is 2.26. The lowest BCUT2D eigenvalue weighted by molar-refractivity contribution is -0.122. The van der Waals surface area contributed by atoms with Crippen LogP contribution in [-0.2, 0) is 15.0 Å². The number of ether oxygens (including phenoxy) is 1. The molecule has 0 bridgehead atoms. The summed E-state index contributed by atoms with van der Waals surface area (Å²) in [4.78, 5) is 26.3. The molecule has 1 heterocycles. The molecule has 2 aromatic rings. The van der Waals surface area contributed by atoms with Crippen LogP contribution in [0.5, 0.6) is 5.75 Å². The number of hydrogen-bond donors (Lipinski definition) is 1. The van der Waals surface area contributed by atoms with Crippen molar-refractivity contribution in [3.8, 4) is 5.75 Å². The molecule has 0 radical (unpaired) electrons. The second kappa shape index (κ2) is 8.68. The fourth-order valence-electron chi connectivity index (χ4n) is 3.39. The van der Waals surface area contributed by atoms with Crippen molar-refractivity contribution >= 4 is 23.2 Å². The number of benzene rings is 2. The molecule has 29 heavy (non-hydrogen) atoms. The molecule has 1 fully saturated rings. The van der Waals surface area contributed by atoms with Crippen LogP contribution < -0.4 is 15.0 Å². The van der Waals surface area contributed by atoms with Gasteiger partial charge in [0.05, 0.1) is 0 Å². The molecule has 2 aromatic carbocycles. The molecule has 0 aromatic heterocycles. The number of anilines is 2. The van der Waals surface area contributed by atoms with Crippen LogP contribution in [0.25, 0.3) is 0 Å². The quantitative estimate of drug-likeness (QED) is 0.757. The van der Waals surface area contributed by atoms with Crippen LogP contribution >= 0.6 is 0 Å². The van der Waals surface area contributed by atoms with E-state index in [0.29, 0.717) is 24.3 Å². The summed E-state index contributed by atoms with van der Waals surface area (Å²) >= 11 is 0. The number of amides is 2. The number of nitrogens with one attached hydrogen (secondary N) is 1. The third-order valence-corrected chi connectivity index (χ3v) is 5.18. The van der Waals surface area contributed by atoms with Gasteiger partial charge in [-0.25, -0.2) is 0 Å². The van der Waals surface area contributed by atoms with Crippen molar-refractivity contribution in [1.82, 2.24) is 0 Å². The second-order valence-electron chi connectivity index (χ2n) is 8.47. The third kappa shape index (κ3) is 5.17. The lowest BCUT2D eigenvalue weighted by Gasteiger charge is -2.21. The van der Waals surface area contributed by atoms with Gasteiger partial charge in [-0.2, -0.15) is 0 Å². The Bertz CT molecular complexity index is 851. The molecule has 0 spiro atoms. The molecule has 1 aliphatic heterocycles.